The van der Waals surface area contributed by atoms with Gasteiger partial charge in [0.1, 0.15) is 17.5 Å². The van der Waals surface area contributed by atoms with E-state index < -0.39 is 0 Å². The molecule has 0 bridgehead atoms. The summed E-state index contributed by atoms with van der Waals surface area (Å²) in [6.07, 6.45) is 0. The molecule has 1 aromatic carbocycles. The van der Waals surface area contributed by atoms with Crippen LogP contribution in [0.3, 0.4) is 0 Å². The highest BCUT2D eigenvalue weighted by Crippen LogP contribution is 2.23. The largest absolute Gasteiger partial charge is 0.363 e. The summed E-state index contributed by atoms with van der Waals surface area (Å²) in [5.74, 6) is 7.89. The highest BCUT2D eigenvalue weighted by molar-refractivity contribution is 5.49. The Balaban J connectivity index is 2.26. The maximum Gasteiger partial charge on any atom is 0.145 e. The fourth-order valence-electron chi connectivity index (χ4n) is 2.24. The molecule has 0 saturated carbocycles. The van der Waals surface area contributed by atoms with Crippen LogP contribution in [0.15, 0.2) is 30.3 Å². The number of nitrogens with one attached hydrogen (secondary N) is 2. The summed E-state index contributed by atoms with van der Waals surface area (Å²) in [5, 5.41) is 3.42. The lowest BCUT2D eigenvalue weighted by Crippen LogP contribution is -2.14. The van der Waals surface area contributed by atoms with E-state index in [0.29, 0.717) is 5.82 Å². The molecule has 4 N–H and O–H groups in total. The Morgan fingerprint density at radius 1 is 1.05 bits per heavy atom. The normalized spacial score (nSPS) is 12.3. The monoisotopic (exact) mass is 285 g/mol. The van der Waals surface area contributed by atoms with Crippen molar-refractivity contribution in [1.29, 1.82) is 0 Å². The van der Waals surface area contributed by atoms with Crippen molar-refractivity contribution < 1.29 is 0 Å². The molecule has 5 heteroatoms. The van der Waals surface area contributed by atoms with Crippen LogP contribution in [-0.4, -0.2) is 9.97 Å². The first-order valence-corrected chi connectivity index (χ1v) is 7.19. The summed E-state index contributed by atoms with van der Waals surface area (Å²) < 4.78 is 0. The first-order chi connectivity index (χ1) is 10.0. The van der Waals surface area contributed by atoms with Gasteiger partial charge in [0.15, 0.2) is 0 Å². The van der Waals surface area contributed by atoms with Gasteiger partial charge in [-0.3, -0.25) is 0 Å². The molecule has 0 aliphatic heterocycles. The number of anilines is 2. The van der Waals surface area contributed by atoms with E-state index in [1.54, 1.807) is 0 Å². The fourth-order valence-corrected chi connectivity index (χ4v) is 2.24. The van der Waals surface area contributed by atoms with Crippen molar-refractivity contribution in [1.82, 2.24) is 9.97 Å². The van der Waals surface area contributed by atoms with Crippen molar-refractivity contribution in [2.45, 2.75) is 39.7 Å². The maximum absolute atomic E-state index is 5.49. The van der Waals surface area contributed by atoms with Crippen molar-refractivity contribution in [3.63, 3.8) is 0 Å². The summed E-state index contributed by atoms with van der Waals surface area (Å²) in [5.41, 5.74) is 5.11. The molecule has 2 rings (SSSR count). The van der Waals surface area contributed by atoms with Crippen LogP contribution < -0.4 is 16.6 Å². The van der Waals surface area contributed by atoms with Crippen molar-refractivity contribution in [2.75, 3.05) is 10.7 Å². The molecule has 0 aliphatic carbocycles. The Morgan fingerprint density at radius 2 is 1.71 bits per heavy atom. The van der Waals surface area contributed by atoms with Crippen molar-refractivity contribution in [2.24, 2.45) is 5.84 Å². The smallest absolute Gasteiger partial charge is 0.145 e. The number of rotatable bonds is 5. The Bertz CT molecular complexity index is 609. The Hall–Kier alpha value is -2.14. The van der Waals surface area contributed by atoms with Gasteiger partial charge in [-0.25, -0.2) is 15.8 Å². The zero-order valence-corrected chi connectivity index (χ0v) is 13.0. The van der Waals surface area contributed by atoms with Gasteiger partial charge in [-0.2, -0.15) is 0 Å². The minimum absolute atomic E-state index is 0.159. The lowest BCUT2D eigenvalue weighted by Gasteiger charge is -2.18. The predicted octanol–water partition coefficient (Wildman–Crippen LogP) is 3.37. The molecule has 1 aromatic heterocycles. The third kappa shape index (κ3) is 3.70. The molecule has 21 heavy (non-hydrogen) atoms. The van der Waals surface area contributed by atoms with Gasteiger partial charge in [0.25, 0.3) is 0 Å². The van der Waals surface area contributed by atoms with E-state index >= 15 is 0 Å². The predicted molar refractivity (Wildman–Crippen MR) is 87.1 cm³/mol. The number of aryl methyl sites for hydroxylation is 1. The molecule has 5 nitrogen and oxygen atoms in total. The molecule has 0 fully saturated rings. The Kier molecular flexibility index (Phi) is 4.75. The standard InChI is InChI=1S/C16H23N5/c1-10(2)16-19-14(9-15(20-16)21-17)18-12(4)13-8-6-5-7-11(13)3/h5-10,12H,17H2,1-4H3,(H2,18,19,20,21). The van der Waals surface area contributed by atoms with Gasteiger partial charge in [-0.1, -0.05) is 38.1 Å². The van der Waals surface area contributed by atoms with Gasteiger partial charge in [-0.15, -0.1) is 0 Å². The van der Waals surface area contributed by atoms with E-state index in [4.69, 9.17) is 5.84 Å². The zero-order valence-electron chi connectivity index (χ0n) is 13.0. The number of aromatic nitrogens is 2. The third-order valence-electron chi connectivity index (χ3n) is 3.43. The second-order valence-corrected chi connectivity index (χ2v) is 5.52. The van der Waals surface area contributed by atoms with Crippen LogP contribution in [0.1, 0.15) is 49.7 Å². The van der Waals surface area contributed by atoms with Gasteiger partial charge in [-0.05, 0) is 25.0 Å². The number of hydrogen-bond acceptors (Lipinski definition) is 5. The third-order valence-corrected chi connectivity index (χ3v) is 3.43. The Morgan fingerprint density at radius 3 is 2.33 bits per heavy atom. The molecule has 0 aliphatic rings. The molecular formula is C16H23N5. The van der Waals surface area contributed by atoms with Crippen LogP contribution in [0.25, 0.3) is 0 Å². The van der Waals surface area contributed by atoms with Gasteiger partial charge in [0.2, 0.25) is 0 Å². The van der Waals surface area contributed by atoms with Gasteiger partial charge < -0.3 is 10.7 Å². The zero-order chi connectivity index (χ0) is 15.4. The number of nitrogen functional groups attached to an aromatic ring is 1. The minimum atomic E-state index is 0.159. The molecule has 0 saturated heterocycles. The average molecular weight is 285 g/mol. The van der Waals surface area contributed by atoms with Crippen LogP contribution in [0, 0.1) is 6.92 Å². The van der Waals surface area contributed by atoms with Crippen LogP contribution >= 0.6 is 0 Å². The lowest BCUT2D eigenvalue weighted by molar-refractivity contribution is 0.768. The van der Waals surface area contributed by atoms with Crippen LogP contribution in [-0.2, 0) is 0 Å². The summed E-state index contributed by atoms with van der Waals surface area (Å²) in [7, 11) is 0. The average Bonchev–Trinajstić information content (AvgIpc) is 2.47. The minimum Gasteiger partial charge on any atom is -0.363 e. The van der Waals surface area contributed by atoms with E-state index in [2.05, 4.69) is 60.5 Å². The van der Waals surface area contributed by atoms with Crippen molar-refractivity contribution >= 4 is 11.6 Å². The summed E-state index contributed by atoms with van der Waals surface area (Å²) in [6, 6.07) is 10.3. The van der Waals surface area contributed by atoms with Crippen LogP contribution in [0.4, 0.5) is 11.6 Å². The summed E-state index contributed by atoms with van der Waals surface area (Å²) >= 11 is 0. The van der Waals surface area contributed by atoms with Gasteiger partial charge in [0, 0.05) is 12.0 Å². The molecule has 0 radical (unpaired) electrons. The molecule has 112 valence electrons. The molecule has 0 amide bonds. The molecular weight excluding hydrogens is 262 g/mol. The molecule has 1 unspecified atom stereocenters. The Labute approximate surface area is 126 Å². The highest BCUT2D eigenvalue weighted by Gasteiger charge is 2.12. The lowest BCUT2D eigenvalue weighted by atomic mass is 10.0. The number of hydrazine groups is 1. The second-order valence-electron chi connectivity index (χ2n) is 5.52. The van der Waals surface area contributed by atoms with Crippen molar-refractivity contribution in [3.05, 3.63) is 47.3 Å². The number of benzene rings is 1. The van der Waals surface area contributed by atoms with E-state index in [9.17, 15) is 0 Å². The number of hydrogen-bond donors (Lipinski definition) is 3. The van der Waals surface area contributed by atoms with Crippen LogP contribution in [0.2, 0.25) is 0 Å². The topological polar surface area (TPSA) is 75.9 Å². The van der Waals surface area contributed by atoms with Gasteiger partial charge in [0.05, 0.1) is 6.04 Å². The number of nitrogens with zero attached hydrogens (tertiary/aromatic N) is 2. The summed E-state index contributed by atoms with van der Waals surface area (Å²) in [6.45, 7) is 8.35. The second kappa shape index (κ2) is 6.54. The SMILES string of the molecule is Cc1ccccc1C(C)Nc1cc(NN)nc(C(C)C)n1. The van der Waals surface area contributed by atoms with E-state index in [-0.39, 0.29) is 12.0 Å². The fraction of sp³-hybridized carbons (Fsp3) is 0.375. The first-order valence-electron chi connectivity index (χ1n) is 7.19. The first kappa shape index (κ1) is 15.3. The molecule has 1 heterocycles. The maximum atomic E-state index is 5.49. The quantitative estimate of drug-likeness (QED) is 0.580. The van der Waals surface area contributed by atoms with Crippen molar-refractivity contribution in [3.8, 4) is 0 Å². The molecule has 0 spiro atoms. The molecule has 1 atom stereocenters. The number of nitrogens with two attached hydrogens (primary N) is 1. The van der Waals surface area contributed by atoms with Crippen LogP contribution in [0.5, 0.6) is 0 Å². The molecule has 2 aromatic rings. The summed E-state index contributed by atoms with van der Waals surface area (Å²) in [4.78, 5) is 8.92. The van der Waals surface area contributed by atoms with E-state index in [0.717, 1.165) is 11.6 Å². The van der Waals surface area contributed by atoms with Gasteiger partial charge >= 0.3 is 0 Å². The van der Waals surface area contributed by atoms with E-state index in [1.165, 1.54) is 11.1 Å². The highest BCUT2D eigenvalue weighted by atomic mass is 15.3. The van der Waals surface area contributed by atoms with E-state index in [1.807, 2.05) is 18.2 Å².